The van der Waals surface area contributed by atoms with Gasteiger partial charge in [-0.2, -0.15) is 0 Å². The molecule has 4 heteroatoms. The second-order valence-electron chi connectivity index (χ2n) is 13.8. The highest BCUT2D eigenvalue weighted by Gasteiger charge is 2.34. The molecule has 3 atom stereocenters. The molecule has 0 N–H and O–H groups in total. The summed E-state index contributed by atoms with van der Waals surface area (Å²) in [5.74, 6) is 4.13. The maximum Gasteiger partial charge on any atom is 0.311 e. The molecule has 0 unspecified atom stereocenters. The molecule has 1 aromatic rings. The molecule has 0 amide bonds. The lowest BCUT2D eigenvalue weighted by molar-refractivity contribution is -0.134. The largest absolute Gasteiger partial charge is 0.487 e. The van der Waals surface area contributed by atoms with Crippen molar-refractivity contribution in [2.45, 2.75) is 144 Å². The van der Waals surface area contributed by atoms with Crippen LogP contribution in [0.15, 0.2) is 0 Å². The zero-order valence-electron chi connectivity index (χ0n) is 27.3. The lowest BCUT2D eigenvalue weighted by atomic mass is 9.83. The Morgan fingerprint density at radius 1 is 0.872 bits per heavy atom. The Morgan fingerprint density at radius 3 is 2.05 bits per heavy atom. The van der Waals surface area contributed by atoms with E-state index >= 15 is 0 Å². The predicted octanol–water partition coefficient (Wildman–Crippen LogP) is 9.38. The van der Waals surface area contributed by atoms with E-state index in [0.29, 0.717) is 6.42 Å². The summed E-state index contributed by atoms with van der Waals surface area (Å²) in [5, 5.41) is 0. The van der Waals surface area contributed by atoms with Crippen LogP contribution in [0.25, 0.3) is 0 Å². The minimum atomic E-state index is -0.140. The normalized spacial score (nSPS) is 18.7. The Labute approximate surface area is 241 Å². The first-order valence-corrected chi connectivity index (χ1v) is 16.0. The Bertz CT molecular complexity index is 906. The molecule has 2 rings (SSSR count). The van der Waals surface area contributed by atoms with Crippen molar-refractivity contribution in [3.63, 3.8) is 0 Å². The first-order valence-electron chi connectivity index (χ1n) is 16.0. The van der Waals surface area contributed by atoms with E-state index in [1.807, 2.05) is 14.1 Å². The van der Waals surface area contributed by atoms with Gasteiger partial charge in [-0.3, -0.25) is 4.79 Å². The van der Waals surface area contributed by atoms with E-state index in [-0.39, 0.29) is 11.6 Å². The van der Waals surface area contributed by atoms with Gasteiger partial charge < -0.3 is 14.4 Å². The zero-order chi connectivity index (χ0) is 29.2. The monoisotopic (exact) mass is 543 g/mol. The van der Waals surface area contributed by atoms with Crippen LogP contribution >= 0.6 is 0 Å². The number of hydrogen-bond acceptors (Lipinski definition) is 4. The van der Waals surface area contributed by atoms with E-state index in [2.05, 4.69) is 60.3 Å². The number of rotatable bonds is 17. The van der Waals surface area contributed by atoms with E-state index in [4.69, 9.17) is 9.47 Å². The number of carbonyl (C=O) groups is 1. The van der Waals surface area contributed by atoms with Gasteiger partial charge in [-0.05, 0) is 115 Å². The zero-order valence-corrected chi connectivity index (χ0v) is 27.3. The fourth-order valence-electron chi connectivity index (χ4n) is 6.12. The van der Waals surface area contributed by atoms with E-state index in [1.54, 1.807) is 0 Å². The van der Waals surface area contributed by atoms with Crippen molar-refractivity contribution in [3.8, 4) is 11.5 Å². The first kappa shape index (κ1) is 33.7. The number of hydrogen-bond donors (Lipinski definition) is 0. The number of fused-ring (bicyclic) bond motifs is 1. The van der Waals surface area contributed by atoms with Gasteiger partial charge >= 0.3 is 5.97 Å². The van der Waals surface area contributed by atoms with Gasteiger partial charge in [-0.15, -0.1) is 0 Å². The highest BCUT2D eigenvalue weighted by molar-refractivity contribution is 5.74. The van der Waals surface area contributed by atoms with Gasteiger partial charge in [0.15, 0.2) is 0 Å². The maximum absolute atomic E-state index is 12.5. The highest BCUT2D eigenvalue weighted by Crippen LogP contribution is 2.45. The number of esters is 1. The molecule has 1 heterocycles. The molecule has 1 aromatic carbocycles. The molecule has 4 nitrogen and oxygen atoms in total. The lowest BCUT2D eigenvalue weighted by Gasteiger charge is -2.38. The Morgan fingerprint density at radius 2 is 1.46 bits per heavy atom. The van der Waals surface area contributed by atoms with Crippen LogP contribution < -0.4 is 9.47 Å². The number of benzene rings is 1. The fraction of sp³-hybridized carbons (Fsp3) is 0.800. The molecule has 0 saturated carbocycles. The van der Waals surface area contributed by atoms with Gasteiger partial charge in [-0.1, -0.05) is 72.6 Å². The quantitative estimate of drug-likeness (QED) is 0.145. The van der Waals surface area contributed by atoms with Gasteiger partial charge in [0.05, 0.1) is 0 Å². The van der Waals surface area contributed by atoms with Crippen molar-refractivity contribution in [2.24, 2.45) is 17.8 Å². The van der Waals surface area contributed by atoms with E-state index in [9.17, 15) is 4.79 Å². The van der Waals surface area contributed by atoms with Gasteiger partial charge in [0.1, 0.15) is 17.1 Å². The van der Waals surface area contributed by atoms with Gasteiger partial charge in [0.25, 0.3) is 0 Å². The SMILES string of the molecule is Cc1c(C)c2c(c(C)c1OC(=O)CCCN(C)C)CC[C@@](C)(CCC[C@H](C)CCC[C@H](C)CCCC(C)C)O2. The molecule has 0 fully saturated rings. The van der Waals surface area contributed by atoms with Crippen molar-refractivity contribution in [1.82, 2.24) is 4.90 Å². The molecule has 0 bridgehead atoms. The summed E-state index contributed by atoms with van der Waals surface area (Å²) in [5.41, 5.74) is 4.33. The third-order valence-electron chi connectivity index (χ3n) is 9.04. The van der Waals surface area contributed by atoms with Crippen LogP contribution in [-0.2, 0) is 11.2 Å². The van der Waals surface area contributed by atoms with Crippen LogP contribution in [0.1, 0.15) is 134 Å². The van der Waals surface area contributed by atoms with E-state index in [0.717, 1.165) is 78.2 Å². The number of carbonyl (C=O) groups excluding carboxylic acids is 1. The fourth-order valence-corrected chi connectivity index (χ4v) is 6.12. The van der Waals surface area contributed by atoms with Crippen molar-refractivity contribution in [3.05, 3.63) is 22.3 Å². The highest BCUT2D eigenvalue weighted by atomic mass is 16.5. The molecule has 0 aliphatic carbocycles. The van der Waals surface area contributed by atoms with Crippen molar-refractivity contribution in [1.29, 1.82) is 0 Å². The molecule has 0 aromatic heterocycles. The van der Waals surface area contributed by atoms with Crippen LogP contribution in [0.2, 0.25) is 0 Å². The first-order chi connectivity index (χ1) is 18.3. The molecular formula is C35H61NO3. The molecule has 0 saturated heterocycles. The molecule has 0 spiro atoms. The predicted molar refractivity (Wildman–Crippen MR) is 166 cm³/mol. The van der Waals surface area contributed by atoms with Crippen molar-refractivity contribution in [2.75, 3.05) is 20.6 Å². The van der Waals surface area contributed by atoms with Crippen LogP contribution in [-0.4, -0.2) is 37.1 Å². The number of ether oxygens (including phenoxy) is 2. The van der Waals surface area contributed by atoms with Crippen LogP contribution in [0.3, 0.4) is 0 Å². The minimum Gasteiger partial charge on any atom is -0.487 e. The smallest absolute Gasteiger partial charge is 0.311 e. The second kappa shape index (κ2) is 16.0. The van der Waals surface area contributed by atoms with Gasteiger partial charge in [-0.25, -0.2) is 0 Å². The molecule has 39 heavy (non-hydrogen) atoms. The molecule has 1 aliphatic rings. The van der Waals surface area contributed by atoms with E-state index < -0.39 is 0 Å². The van der Waals surface area contributed by atoms with Crippen LogP contribution in [0.5, 0.6) is 11.5 Å². The third-order valence-corrected chi connectivity index (χ3v) is 9.04. The Hall–Kier alpha value is -1.55. The average molecular weight is 544 g/mol. The third kappa shape index (κ3) is 11.1. The van der Waals surface area contributed by atoms with Gasteiger partial charge in [0.2, 0.25) is 0 Å². The summed E-state index contributed by atoms with van der Waals surface area (Å²) in [6.45, 7) is 19.0. The summed E-state index contributed by atoms with van der Waals surface area (Å²) in [6.07, 6.45) is 15.1. The lowest BCUT2D eigenvalue weighted by Crippen LogP contribution is -2.37. The summed E-state index contributed by atoms with van der Waals surface area (Å²) in [4.78, 5) is 14.6. The van der Waals surface area contributed by atoms with Crippen molar-refractivity contribution < 1.29 is 14.3 Å². The van der Waals surface area contributed by atoms with Gasteiger partial charge in [0, 0.05) is 12.0 Å². The molecule has 224 valence electrons. The summed E-state index contributed by atoms with van der Waals surface area (Å²) in [7, 11) is 4.05. The minimum absolute atomic E-state index is 0.119. The topological polar surface area (TPSA) is 38.8 Å². The van der Waals surface area contributed by atoms with Crippen LogP contribution in [0.4, 0.5) is 0 Å². The van der Waals surface area contributed by atoms with Crippen molar-refractivity contribution >= 4 is 5.97 Å². The van der Waals surface area contributed by atoms with Crippen LogP contribution in [0, 0.1) is 38.5 Å². The number of nitrogens with zero attached hydrogens (tertiary/aromatic N) is 1. The maximum atomic E-state index is 12.5. The molecule has 0 radical (unpaired) electrons. The average Bonchev–Trinajstić information content (AvgIpc) is 2.84. The summed E-state index contributed by atoms with van der Waals surface area (Å²) >= 11 is 0. The standard InChI is InChI=1S/C35H61NO3/c1-25(2)15-11-16-26(3)17-12-18-27(4)19-13-22-35(8)23-21-31-30(7)33(28(5)29(6)34(31)39-35)38-32(37)20-14-24-36(9)10/h25-27H,11-24H2,1-10H3/t26-,27-,35-/m1/s1. The molecule has 1 aliphatic heterocycles. The Kier molecular flexibility index (Phi) is 13.8. The Balaban J connectivity index is 1.86. The summed E-state index contributed by atoms with van der Waals surface area (Å²) < 4.78 is 12.7. The van der Waals surface area contributed by atoms with E-state index in [1.165, 1.54) is 56.9 Å². The second-order valence-corrected chi connectivity index (χ2v) is 13.8. The summed E-state index contributed by atoms with van der Waals surface area (Å²) in [6, 6.07) is 0. The molecular weight excluding hydrogens is 482 g/mol.